The van der Waals surface area contributed by atoms with E-state index in [9.17, 15) is 8.42 Å². The van der Waals surface area contributed by atoms with Gasteiger partial charge in [0.2, 0.25) is 0 Å². The molecule has 0 amide bonds. The van der Waals surface area contributed by atoms with Gasteiger partial charge in [0, 0.05) is 30.6 Å². The normalized spacial score (nSPS) is 12.1. The van der Waals surface area contributed by atoms with E-state index in [-0.39, 0.29) is 5.75 Å². The minimum Gasteiger partial charge on any atom is -0.346 e. The van der Waals surface area contributed by atoms with Crippen molar-refractivity contribution in [3.63, 3.8) is 0 Å². The fourth-order valence-corrected chi connectivity index (χ4v) is 2.51. The molecule has 2 rings (SSSR count). The molecule has 2 N–H and O–H groups in total. The van der Waals surface area contributed by atoms with E-state index in [1.807, 2.05) is 18.3 Å². The first kappa shape index (κ1) is 13.0. The van der Waals surface area contributed by atoms with Gasteiger partial charge in [-0.1, -0.05) is 0 Å². The van der Waals surface area contributed by atoms with Gasteiger partial charge in [-0.3, -0.25) is 0 Å². The molecule has 0 aliphatic rings. The Morgan fingerprint density at radius 2 is 2.28 bits per heavy atom. The van der Waals surface area contributed by atoms with Gasteiger partial charge < -0.3 is 10.3 Å². The van der Waals surface area contributed by atoms with Crippen LogP contribution in [0.3, 0.4) is 0 Å². The first-order chi connectivity index (χ1) is 8.56. The van der Waals surface area contributed by atoms with Crippen molar-refractivity contribution in [2.75, 3.05) is 18.6 Å². The summed E-state index contributed by atoms with van der Waals surface area (Å²) in [5, 5.41) is 4.35. The lowest BCUT2D eigenvalue weighted by Crippen LogP contribution is -2.17. The molecule has 2 aromatic rings. The number of pyridine rings is 1. The summed E-state index contributed by atoms with van der Waals surface area (Å²) in [6.45, 7) is 1.41. The number of hydrogen-bond acceptors (Lipinski definition) is 4. The fourth-order valence-electron chi connectivity index (χ4n) is 1.84. The predicted octanol–water partition coefficient (Wildman–Crippen LogP) is 1.09. The number of nitrogens with one attached hydrogen (secondary N) is 2. The SMILES string of the molecule is CS(=O)(=O)CCCNCc1c[nH]c2ncccc12. The second-order valence-corrected chi connectivity index (χ2v) is 6.63. The monoisotopic (exact) mass is 267 g/mol. The molecular weight excluding hydrogens is 250 g/mol. The van der Waals surface area contributed by atoms with Crippen molar-refractivity contribution < 1.29 is 8.42 Å². The lowest BCUT2D eigenvalue weighted by atomic mass is 10.2. The van der Waals surface area contributed by atoms with Gasteiger partial charge in [0.1, 0.15) is 15.5 Å². The molecular formula is C12H17N3O2S. The number of fused-ring (bicyclic) bond motifs is 1. The van der Waals surface area contributed by atoms with E-state index in [4.69, 9.17) is 0 Å². The van der Waals surface area contributed by atoms with Crippen LogP contribution >= 0.6 is 0 Å². The third-order valence-corrected chi connectivity index (χ3v) is 3.75. The molecule has 0 aliphatic carbocycles. The third-order valence-electron chi connectivity index (χ3n) is 2.72. The molecule has 0 saturated carbocycles. The van der Waals surface area contributed by atoms with E-state index in [1.54, 1.807) is 6.20 Å². The number of aromatic amines is 1. The van der Waals surface area contributed by atoms with Crippen molar-refractivity contribution in [3.8, 4) is 0 Å². The Kier molecular flexibility index (Phi) is 3.98. The lowest BCUT2D eigenvalue weighted by molar-refractivity contribution is 0.594. The van der Waals surface area contributed by atoms with Crippen molar-refractivity contribution in [1.29, 1.82) is 0 Å². The van der Waals surface area contributed by atoms with Crippen LogP contribution in [0.4, 0.5) is 0 Å². The summed E-state index contributed by atoms with van der Waals surface area (Å²) in [5.74, 6) is 0.232. The summed E-state index contributed by atoms with van der Waals surface area (Å²) in [5.41, 5.74) is 2.03. The number of hydrogen-bond donors (Lipinski definition) is 2. The van der Waals surface area contributed by atoms with E-state index in [0.29, 0.717) is 13.0 Å². The molecule has 0 saturated heterocycles. The molecule has 0 aromatic carbocycles. The highest BCUT2D eigenvalue weighted by Gasteiger charge is 2.04. The Morgan fingerprint density at radius 3 is 3.06 bits per heavy atom. The first-order valence-corrected chi connectivity index (χ1v) is 7.92. The van der Waals surface area contributed by atoms with Crippen LogP contribution in [0.2, 0.25) is 0 Å². The average Bonchev–Trinajstić information content (AvgIpc) is 2.71. The topological polar surface area (TPSA) is 74.8 Å². The minimum atomic E-state index is -2.85. The van der Waals surface area contributed by atoms with Gasteiger partial charge in [0.15, 0.2) is 0 Å². The van der Waals surface area contributed by atoms with Crippen LogP contribution in [0.1, 0.15) is 12.0 Å². The number of aromatic nitrogens is 2. The van der Waals surface area contributed by atoms with Crippen LogP contribution in [-0.4, -0.2) is 36.9 Å². The zero-order chi connectivity index (χ0) is 13.0. The highest BCUT2D eigenvalue weighted by atomic mass is 32.2. The second kappa shape index (κ2) is 5.49. The van der Waals surface area contributed by atoms with Gasteiger partial charge in [-0.2, -0.15) is 0 Å². The second-order valence-electron chi connectivity index (χ2n) is 4.37. The summed E-state index contributed by atoms with van der Waals surface area (Å²) >= 11 is 0. The van der Waals surface area contributed by atoms with E-state index in [1.165, 1.54) is 6.26 Å². The van der Waals surface area contributed by atoms with Crippen molar-refractivity contribution in [3.05, 3.63) is 30.1 Å². The van der Waals surface area contributed by atoms with E-state index >= 15 is 0 Å². The average molecular weight is 267 g/mol. The molecule has 98 valence electrons. The molecule has 0 atom stereocenters. The maximum absolute atomic E-state index is 11.0. The number of H-pyrrole nitrogens is 1. The Hall–Kier alpha value is -1.40. The zero-order valence-corrected chi connectivity index (χ0v) is 11.1. The standard InChI is InChI=1S/C12H17N3O2S/c1-18(16,17)7-3-5-13-8-10-9-15-12-11(10)4-2-6-14-12/h2,4,6,9,13H,3,5,7-8H2,1H3,(H,14,15). The van der Waals surface area contributed by atoms with Crippen molar-refractivity contribution in [1.82, 2.24) is 15.3 Å². The maximum atomic E-state index is 11.0. The Bertz CT molecular complexity index is 619. The first-order valence-electron chi connectivity index (χ1n) is 5.86. The smallest absolute Gasteiger partial charge is 0.147 e. The Balaban J connectivity index is 1.84. The molecule has 0 aliphatic heterocycles. The molecule has 0 radical (unpaired) electrons. The van der Waals surface area contributed by atoms with Gasteiger partial charge in [-0.05, 0) is 30.7 Å². The van der Waals surface area contributed by atoms with Crippen molar-refractivity contribution >= 4 is 20.9 Å². The van der Waals surface area contributed by atoms with Gasteiger partial charge in [0.25, 0.3) is 0 Å². The molecule has 2 heterocycles. The van der Waals surface area contributed by atoms with Crippen LogP contribution in [0.25, 0.3) is 11.0 Å². The summed E-state index contributed by atoms with van der Waals surface area (Å²) in [4.78, 5) is 7.32. The molecule has 0 spiro atoms. The number of rotatable bonds is 6. The van der Waals surface area contributed by atoms with Gasteiger partial charge >= 0.3 is 0 Å². The van der Waals surface area contributed by atoms with Crippen LogP contribution in [0.5, 0.6) is 0 Å². The largest absolute Gasteiger partial charge is 0.346 e. The Morgan fingerprint density at radius 1 is 1.44 bits per heavy atom. The van der Waals surface area contributed by atoms with Crippen LogP contribution in [0, 0.1) is 0 Å². The molecule has 0 bridgehead atoms. The van der Waals surface area contributed by atoms with Gasteiger partial charge in [-0.25, -0.2) is 13.4 Å². The quantitative estimate of drug-likeness (QED) is 0.768. The molecule has 0 fully saturated rings. The van der Waals surface area contributed by atoms with E-state index in [2.05, 4.69) is 15.3 Å². The maximum Gasteiger partial charge on any atom is 0.147 e. The number of sulfone groups is 1. The summed E-state index contributed by atoms with van der Waals surface area (Å²) in [6, 6.07) is 3.93. The third kappa shape index (κ3) is 3.54. The molecule has 6 heteroatoms. The highest BCUT2D eigenvalue weighted by molar-refractivity contribution is 7.90. The van der Waals surface area contributed by atoms with E-state index in [0.717, 1.165) is 23.1 Å². The molecule has 2 aromatic heterocycles. The highest BCUT2D eigenvalue weighted by Crippen LogP contribution is 2.14. The molecule has 5 nitrogen and oxygen atoms in total. The lowest BCUT2D eigenvalue weighted by Gasteiger charge is -2.03. The van der Waals surface area contributed by atoms with Crippen LogP contribution in [-0.2, 0) is 16.4 Å². The van der Waals surface area contributed by atoms with Crippen LogP contribution < -0.4 is 5.32 Å². The molecule has 0 unspecified atom stereocenters. The fraction of sp³-hybridized carbons (Fsp3) is 0.417. The van der Waals surface area contributed by atoms with Gasteiger partial charge in [-0.15, -0.1) is 0 Å². The minimum absolute atomic E-state index is 0.232. The summed E-state index contributed by atoms with van der Waals surface area (Å²) < 4.78 is 21.9. The van der Waals surface area contributed by atoms with Gasteiger partial charge in [0.05, 0.1) is 5.75 Å². The summed E-state index contributed by atoms with van der Waals surface area (Å²) in [7, 11) is -2.85. The van der Waals surface area contributed by atoms with Crippen molar-refractivity contribution in [2.45, 2.75) is 13.0 Å². The number of nitrogens with zero attached hydrogens (tertiary/aromatic N) is 1. The predicted molar refractivity (Wildman–Crippen MR) is 72.1 cm³/mol. The molecule has 18 heavy (non-hydrogen) atoms. The summed E-state index contributed by atoms with van der Waals surface area (Å²) in [6.07, 6.45) is 5.58. The van der Waals surface area contributed by atoms with Crippen molar-refractivity contribution in [2.24, 2.45) is 0 Å². The van der Waals surface area contributed by atoms with E-state index < -0.39 is 9.84 Å². The van der Waals surface area contributed by atoms with Crippen LogP contribution in [0.15, 0.2) is 24.5 Å². The Labute approximate surface area is 107 Å². The zero-order valence-electron chi connectivity index (χ0n) is 10.3.